The minimum absolute atomic E-state index is 0.190. The standard InChI is InChI=1S/C30H50O2/c1-18(2)23(19(3)4)9-8-20(5)24-10-11-25-28-26(13-15-30(24,25)7)29(6)14-12-22(31)16-21(29)17-27(28)32/h8-9,17-20,22-28,31-32H,10-16H2,1-7H3/b9-8-/t20-,22+,24-,25+,26+,27-,28+,29+,30-/m1/s1. The van der Waals surface area contributed by atoms with Crippen molar-refractivity contribution in [1.82, 2.24) is 0 Å². The van der Waals surface area contributed by atoms with Crippen LogP contribution in [0.15, 0.2) is 23.8 Å². The van der Waals surface area contributed by atoms with E-state index in [0.29, 0.717) is 46.8 Å². The number of allylic oxidation sites excluding steroid dienone is 2. The zero-order valence-corrected chi connectivity index (χ0v) is 21.8. The fourth-order valence-electron chi connectivity index (χ4n) is 9.19. The number of fused-ring (bicyclic) bond motifs is 5. The van der Waals surface area contributed by atoms with E-state index in [4.69, 9.17) is 0 Å². The molecule has 4 aliphatic rings. The average Bonchev–Trinajstić information content (AvgIpc) is 3.06. The Hall–Kier alpha value is -0.600. The Morgan fingerprint density at radius 1 is 0.875 bits per heavy atom. The Kier molecular flexibility index (Phi) is 6.80. The van der Waals surface area contributed by atoms with Crippen molar-refractivity contribution in [3.8, 4) is 0 Å². The van der Waals surface area contributed by atoms with Crippen LogP contribution in [0.5, 0.6) is 0 Å². The van der Waals surface area contributed by atoms with Crippen LogP contribution in [0, 0.1) is 58.2 Å². The average molecular weight is 443 g/mol. The molecule has 0 aromatic heterocycles. The van der Waals surface area contributed by atoms with Gasteiger partial charge in [0.25, 0.3) is 0 Å². The van der Waals surface area contributed by atoms with Crippen LogP contribution in [0.1, 0.15) is 93.4 Å². The summed E-state index contributed by atoms with van der Waals surface area (Å²) in [6.07, 6.45) is 14.6. The molecule has 0 saturated heterocycles. The van der Waals surface area contributed by atoms with E-state index in [1.807, 2.05) is 0 Å². The molecule has 2 nitrogen and oxygen atoms in total. The normalized spacial score (nSPS) is 45.2. The Labute approximate surface area is 198 Å². The first-order valence-corrected chi connectivity index (χ1v) is 13.7. The van der Waals surface area contributed by atoms with Crippen LogP contribution in [-0.4, -0.2) is 22.4 Å². The van der Waals surface area contributed by atoms with E-state index in [-0.39, 0.29) is 17.6 Å². The van der Waals surface area contributed by atoms with Gasteiger partial charge in [-0.2, -0.15) is 0 Å². The van der Waals surface area contributed by atoms with Crippen LogP contribution in [0.3, 0.4) is 0 Å². The maximum atomic E-state index is 11.4. The van der Waals surface area contributed by atoms with Gasteiger partial charge in [0, 0.05) is 0 Å². The lowest BCUT2D eigenvalue weighted by atomic mass is 9.46. The molecule has 9 atom stereocenters. The highest BCUT2D eigenvalue weighted by Gasteiger charge is 2.61. The number of hydrogen-bond donors (Lipinski definition) is 2. The molecule has 0 radical (unpaired) electrons. The number of aliphatic hydroxyl groups excluding tert-OH is 2. The molecule has 2 heteroatoms. The first-order chi connectivity index (χ1) is 15.0. The van der Waals surface area contributed by atoms with E-state index in [1.165, 1.54) is 31.3 Å². The van der Waals surface area contributed by atoms with Gasteiger partial charge in [-0.1, -0.05) is 72.3 Å². The Morgan fingerprint density at radius 2 is 1.56 bits per heavy atom. The molecule has 0 heterocycles. The van der Waals surface area contributed by atoms with Gasteiger partial charge < -0.3 is 10.2 Å². The summed E-state index contributed by atoms with van der Waals surface area (Å²) in [6.45, 7) is 16.9. The maximum Gasteiger partial charge on any atom is 0.0757 e. The molecule has 0 aromatic rings. The van der Waals surface area contributed by atoms with Crippen LogP contribution < -0.4 is 0 Å². The molecule has 0 amide bonds. The van der Waals surface area contributed by atoms with Crippen molar-refractivity contribution >= 4 is 0 Å². The molecule has 0 spiro atoms. The van der Waals surface area contributed by atoms with E-state index < -0.39 is 0 Å². The fraction of sp³-hybridized carbons (Fsp3) is 0.867. The molecule has 0 aromatic carbocycles. The summed E-state index contributed by atoms with van der Waals surface area (Å²) < 4.78 is 0. The van der Waals surface area contributed by atoms with E-state index in [2.05, 4.69) is 66.7 Å². The molecular formula is C30H50O2. The molecule has 2 N–H and O–H groups in total. The van der Waals surface area contributed by atoms with Gasteiger partial charge in [-0.05, 0) is 103 Å². The topological polar surface area (TPSA) is 40.5 Å². The van der Waals surface area contributed by atoms with Crippen molar-refractivity contribution in [3.63, 3.8) is 0 Å². The summed E-state index contributed by atoms with van der Waals surface area (Å²) in [5.41, 5.74) is 1.89. The molecule has 0 aliphatic heterocycles. The SMILES string of the molecule is CC(C)C(/C=C\[C@@H](C)[C@H]1CC[C@H]2[C@@H]3[C@H](O)C=C4C[C@@H](O)CC[C@]4(C)[C@H]3CC[C@]12C)C(C)C. The van der Waals surface area contributed by atoms with Crippen molar-refractivity contribution in [2.45, 2.75) is 106 Å². The third kappa shape index (κ3) is 3.96. The van der Waals surface area contributed by atoms with Gasteiger partial charge in [-0.25, -0.2) is 0 Å². The van der Waals surface area contributed by atoms with E-state index in [1.54, 1.807) is 0 Å². The van der Waals surface area contributed by atoms with Crippen molar-refractivity contribution in [2.75, 3.05) is 0 Å². The van der Waals surface area contributed by atoms with Crippen LogP contribution in [0.25, 0.3) is 0 Å². The molecule has 4 rings (SSSR count). The first kappa shape index (κ1) is 24.5. The Bertz CT molecular complexity index is 727. The highest BCUT2D eigenvalue weighted by molar-refractivity contribution is 5.28. The summed E-state index contributed by atoms with van der Waals surface area (Å²) in [5, 5.41) is 21.6. The van der Waals surface area contributed by atoms with Gasteiger partial charge in [0.15, 0.2) is 0 Å². The highest BCUT2D eigenvalue weighted by Crippen LogP contribution is 2.67. The lowest BCUT2D eigenvalue weighted by Crippen LogP contribution is -2.54. The van der Waals surface area contributed by atoms with E-state index >= 15 is 0 Å². The molecule has 0 bridgehead atoms. The third-order valence-electron chi connectivity index (χ3n) is 11.0. The molecular weight excluding hydrogens is 392 g/mol. The van der Waals surface area contributed by atoms with Crippen molar-refractivity contribution in [3.05, 3.63) is 23.8 Å². The zero-order valence-electron chi connectivity index (χ0n) is 21.8. The summed E-state index contributed by atoms with van der Waals surface area (Å²) in [4.78, 5) is 0. The van der Waals surface area contributed by atoms with E-state index in [9.17, 15) is 10.2 Å². The van der Waals surface area contributed by atoms with Crippen LogP contribution in [0.4, 0.5) is 0 Å². The largest absolute Gasteiger partial charge is 0.393 e. The van der Waals surface area contributed by atoms with Crippen LogP contribution >= 0.6 is 0 Å². The zero-order chi connectivity index (χ0) is 23.4. The predicted octanol–water partition coefficient (Wildman–Crippen LogP) is 7.02. The molecule has 182 valence electrons. The first-order valence-electron chi connectivity index (χ1n) is 13.7. The molecule has 3 saturated carbocycles. The quantitative estimate of drug-likeness (QED) is 0.449. The minimum atomic E-state index is -0.325. The lowest BCUT2D eigenvalue weighted by molar-refractivity contribution is -0.0950. The lowest BCUT2D eigenvalue weighted by Gasteiger charge is -2.59. The third-order valence-corrected chi connectivity index (χ3v) is 11.0. The van der Waals surface area contributed by atoms with E-state index in [0.717, 1.165) is 25.2 Å². The highest BCUT2D eigenvalue weighted by atomic mass is 16.3. The summed E-state index contributed by atoms with van der Waals surface area (Å²) in [6, 6.07) is 0. The van der Waals surface area contributed by atoms with Gasteiger partial charge in [0.2, 0.25) is 0 Å². The van der Waals surface area contributed by atoms with Crippen LogP contribution in [0.2, 0.25) is 0 Å². The fourth-order valence-corrected chi connectivity index (χ4v) is 9.19. The number of hydrogen-bond acceptors (Lipinski definition) is 2. The van der Waals surface area contributed by atoms with Gasteiger partial charge in [0.1, 0.15) is 0 Å². The number of rotatable bonds is 5. The Balaban J connectivity index is 1.56. The maximum absolute atomic E-state index is 11.4. The molecule has 32 heavy (non-hydrogen) atoms. The van der Waals surface area contributed by atoms with Crippen molar-refractivity contribution < 1.29 is 10.2 Å². The van der Waals surface area contributed by atoms with Gasteiger partial charge in [0.05, 0.1) is 12.2 Å². The van der Waals surface area contributed by atoms with Gasteiger partial charge in [-0.15, -0.1) is 0 Å². The summed E-state index contributed by atoms with van der Waals surface area (Å²) in [5.74, 6) is 4.98. The van der Waals surface area contributed by atoms with Crippen molar-refractivity contribution in [1.29, 1.82) is 0 Å². The summed E-state index contributed by atoms with van der Waals surface area (Å²) in [7, 11) is 0. The van der Waals surface area contributed by atoms with Crippen molar-refractivity contribution in [2.24, 2.45) is 58.2 Å². The monoisotopic (exact) mass is 442 g/mol. The van der Waals surface area contributed by atoms with Crippen LogP contribution in [-0.2, 0) is 0 Å². The number of aliphatic hydroxyl groups is 2. The summed E-state index contributed by atoms with van der Waals surface area (Å²) >= 11 is 0. The van der Waals surface area contributed by atoms with Gasteiger partial charge in [-0.3, -0.25) is 0 Å². The predicted molar refractivity (Wildman–Crippen MR) is 134 cm³/mol. The second-order valence-corrected chi connectivity index (χ2v) is 13.3. The smallest absolute Gasteiger partial charge is 0.0757 e. The molecule has 3 fully saturated rings. The second-order valence-electron chi connectivity index (χ2n) is 13.3. The second kappa shape index (κ2) is 8.88. The van der Waals surface area contributed by atoms with Gasteiger partial charge >= 0.3 is 0 Å². The minimum Gasteiger partial charge on any atom is -0.393 e. The molecule has 0 unspecified atom stereocenters. The Morgan fingerprint density at radius 3 is 2.22 bits per heavy atom. The molecule has 4 aliphatic carbocycles.